The second-order valence-corrected chi connectivity index (χ2v) is 4.44. The number of pyridine rings is 1. The zero-order chi connectivity index (χ0) is 10.8. The van der Waals surface area contributed by atoms with E-state index in [1.54, 1.807) is 0 Å². The summed E-state index contributed by atoms with van der Waals surface area (Å²) in [6.07, 6.45) is 5.04. The molecule has 1 aliphatic rings. The predicted octanol–water partition coefficient (Wildman–Crippen LogP) is 1.34. The Hall–Kier alpha value is -0.930. The monoisotopic (exact) mass is 205 g/mol. The molecule has 0 saturated carbocycles. The lowest BCUT2D eigenvalue weighted by Crippen LogP contribution is -2.25. The van der Waals surface area contributed by atoms with Crippen molar-refractivity contribution >= 4 is 0 Å². The van der Waals surface area contributed by atoms with Crippen LogP contribution in [0.1, 0.15) is 23.6 Å². The van der Waals surface area contributed by atoms with Gasteiger partial charge in [0.05, 0.1) is 0 Å². The zero-order valence-electron chi connectivity index (χ0n) is 9.48. The van der Waals surface area contributed by atoms with Gasteiger partial charge in [-0.2, -0.15) is 0 Å². The van der Waals surface area contributed by atoms with Crippen LogP contribution < -0.4 is 5.73 Å². The average molecular weight is 205 g/mol. The zero-order valence-corrected chi connectivity index (χ0v) is 9.48. The van der Waals surface area contributed by atoms with E-state index in [4.69, 9.17) is 5.73 Å². The highest BCUT2D eigenvalue weighted by Crippen LogP contribution is 2.36. The fourth-order valence-corrected chi connectivity index (χ4v) is 2.55. The first-order valence-electron chi connectivity index (χ1n) is 5.55. The minimum Gasteiger partial charge on any atom is -0.330 e. The Labute approximate surface area is 91.3 Å². The number of aromatic nitrogens is 1. The van der Waals surface area contributed by atoms with E-state index >= 15 is 0 Å². The van der Waals surface area contributed by atoms with Gasteiger partial charge < -0.3 is 5.73 Å². The van der Waals surface area contributed by atoms with Crippen LogP contribution in [0.4, 0.5) is 0 Å². The minimum atomic E-state index is 0.462. The van der Waals surface area contributed by atoms with Gasteiger partial charge in [-0.05, 0) is 56.6 Å². The molecule has 2 atom stereocenters. The van der Waals surface area contributed by atoms with Crippen LogP contribution in [0.15, 0.2) is 18.5 Å². The molecule has 0 bridgehead atoms. The van der Waals surface area contributed by atoms with Gasteiger partial charge in [-0.15, -0.1) is 0 Å². The Balaban J connectivity index is 2.32. The van der Waals surface area contributed by atoms with Crippen LogP contribution in [-0.2, 0) is 0 Å². The summed E-state index contributed by atoms with van der Waals surface area (Å²) in [5.41, 5.74) is 8.49. The van der Waals surface area contributed by atoms with Crippen molar-refractivity contribution in [2.75, 3.05) is 20.1 Å². The van der Waals surface area contributed by atoms with E-state index in [1.165, 1.54) is 17.5 Å². The van der Waals surface area contributed by atoms with E-state index < -0.39 is 0 Å². The number of likely N-dealkylation sites (tertiary alicyclic amines) is 1. The topological polar surface area (TPSA) is 42.1 Å². The minimum absolute atomic E-state index is 0.462. The van der Waals surface area contributed by atoms with Gasteiger partial charge in [0.25, 0.3) is 0 Å². The number of hydrogen-bond donors (Lipinski definition) is 1. The van der Waals surface area contributed by atoms with E-state index in [9.17, 15) is 0 Å². The molecule has 2 heterocycles. The molecule has 82 valence electrons. The lowest BCUT2D eigenvalue weighted by molar-refractivity contribution is 0.278. The molecule has 1 aliphatic heterocycles. The molecule has 1 aromatic rings. The summed E-state index contributed by atoms with van der Waals surface area (Å²) in [4.78, 5) is 6.62. The van der Waals surface area contributed by atoms with Crippen LogP contribution in [0.25, 0.3) is 0 Å². The third-order valence-electron chi connectivity index (χ3n) is 3.47. The van der Waals surface area contributed by atoms with Crippen molar-refractivity contribution in [2.24, 2.45) is 11.7 Å². The van der Waals surface area contributed by atoms with Crippen LogP contribution in [0, 0.1) is 12.8 Å². The normalized spacial score (nSPS) is 27.1. The van der Waals surface area contributed by atoms with E-state index in [2.05, 4.69) is 29.9 Å². The quantitative estimate of drug-likeness (QED) is 0.792. The van der Waals surface area contributed by atoms with E-state index in [-0.39, 0.29) is 0 Å². The van der Waals surface area contributed by atoms with E-state index in [0.29, 0.717) is 12.0 Å². The molecule has 0 spiro atoms. The fourth-order valence-electron chi connectivity index (χ4n) is 2.55. The molecule has 2 N–H and O–H groups in total. The molecule has 2 unspecified atom stereocenters. The van der Waals surface area contributed by atoms with E-state index in [1.807, 2.05) is 12.4 Å². The molecule has 2 rings (SSSR count). The van der Waals surface area contributed by atoms with Crippen molar-refractivity contribution in [3.05, 3.63) is 29.6 Å². The van der Waals surface area contributed by atoms with Crippen molar-refractivity contribution in [1.82, 2.24) is 9.88 Å². The van der Waals surface area contributed by atoms with Gasteiger partial charge in [-0.1, -0.05) is 0 Å². The average Bonchev–Trinajstić information content (AvgIpc) is 2.60. The summed E-state index contributed by atoms with van der Waals surface area (Å²) in [6.45, 7) is 4.06. The summed E-state index contributed by atoms with van der Waals surface area (Å²) in [5, 5.41) is 0. The standard InChI is InChI=1S/C12H19N3/c1-9-3-5-14-8-11(9)12-10(7-13)4-6-15(12)2/h3,5,8,10,12H,4,6-7,13H2,1-2H3. The highest BCUT2D eigenvalue weighted by atomic mass is 15.2. The van der Waals surface area contributed by atoms with Crippen molar-refractivity contribution in [1.29, 1.82) is 0 Å². The van der Waals surface area contributed by atoms with Crippen molar-refractivity contribution in [3.8, 4) is 0 Å². The lowest BCUT2D eigenvalue weighted by Gasteiger charge is -2.25. The molecule has 0 radical (unpaired) electrons. The first kappa shape index (κ1) is 10.6. The van der Waals surface area contributed by atoms with Crippen molar-refractivity contribution in [3.63, 3.8) is 0 Å². The van der Waals surface area contributed by atoms with Gasteiger partial charge in [0.1, 0.15) is 0 Å². The molecule has 3 nitrogen and oxygen atoms in total. The second kappa shape index (κ2) is 4.29. The number of nitrogens with two attached hydrogens (primary N) is 1. The van der Waals surface area contributed by atoms with E-state index in [0.717, 1.165) is 13.1 Å². The highest BCUT2D eigenvalue weighted by molar-refractivity contribution is 5.26. The summed E-state index contributed by atoms with van der Waals surface area (Å²) < 4.78 is 0. The Morgan fingerprint density at radius 3 is 3.07 bits per heavy atom. The molecule has 1 aromatic heterocycles. The Morgan fingerprint density at radius 1 is 1.60 bits per heavy atom. The molecule has 0 aromatic carbocycles. The Kier molecular flexibility index (Phi) is 3.03. The molecular formula is C12H19N3. The van der Waals surface area contributed by atoms with Gasteiger partial charge >= 0.3 is 0 Å². The Morgan fingerprint density at radius 2 is 2.40 bits per heavy atom. The smallest absolute Gasteiger partial charge is 0.0403 e. The molecule has 1 saturated heterocycles. The van der Waals surface area contributed by atoms with Gasteiger partial charge in [0.2, 0.25) is 0 Å². The van der Waals surface area contributed by atoms with Crippen molar-refractivity contribution in [2.45, 2.75) is 19.4 Å². The summed E-state index contributed by atoms with van der Waals surface area (Å²) >= 11 is 0. The maximum absolute atomic E-state index is 5.83. The number of aryl methyl sites for hydroxylation is 1. The van der Waals surface area contributed by atoms with Gasteiger partial charge in [0.15, 0.2) is 0 Å². The maximum atomic E-state index is 5.83. The predicted molar refractivity (Wildman–Crippen MR) is 61.5 cm³/mol. The second-order valence-electron chi connectivity index (χ2n) is 4.44. The van der Waals surface area contributed by atoms with Gasteiger partial charge in [-0.3, -0.25) is 9.88 Å². The third-order valence-corrected chi connectivity index (χ3v) is 3.47. The van der Waals surface area contributed by atoms with Crippen LogP contribution >= 0.6 is 0 Å². The van der Waals surface area contributed by atoms with Gasteiger partial charge in [-0.25, -0.2) is 0 Å². The molecule has 0 aliphatic carbocycles. The Bertz CT molecular complexity index is 337. The molecular weight excluding hydrogens is 186 g/mol. The molecule has 0 amide bonds. The summed E-state index contributed by atoms with van der Waals surface area (Å²) in [5.74, 6) is 0.581. The SMILES string of the molecule is Cc1ccncc1C1C(CN)CCN1C. The summed E-state index contributed by atoms with van der Waals surface area (Å²) in [6, 6.07) is 2.54. The number of hydrogen-bond acceptors (Lipinski definition) is 3. The largest absolute Gasteiger partial charge is 0.330 e. The highest BCUT2D eigenvalue weighted by Gasteiger charge is 2.32. The molecule has 15 heavy (non-hydrogen) atoms. The van der Waals surface area contributed by atoms with Crippen LogP contribution in [0.5, 0.6) is 0 Å². The number of nitrogens with zero attached hydrogens (tertiary/aromatic N) is 2. The van der Waals surface area contributed by atoms with Crippen LogP contribution in [0.3, 0.4) is 0 Å². The first-order valence-corrected chi connectivity index (χ1v) is 5.55. The van der Waals surface area contributed by atoms with Crippen LogP contribution in [0.2, 0.25) is 0 Å². The van der Waals surface area contributed by atoms with Gasteiger partial charge in [0, 0.05) is 18.4 Å². The fraction of sp³-hybridized carbons (Fsp3) is 0.583. The third kappa shape index (κ3) is 1.90. The van der Waals surface area contributed by atoms with Crippen LogP contribution in [-0.4, -0.2) is 30.0 Å². The summed E-state index contributed by atoms with van der Waals surface area (Å²) in [7, 11) is 2.17. The lowest BCUT2D eigenvalue weighted by atomic mass is 9.92. The first-order chi connectivity index (χ1) is 7.24. The molecule has 1 fully saturated rings. The van der Waals surface area contributed by atoms with Crippen molar-refractivity contribution < 1.29 is 0 Å². The number of rotatable bonds is 2. The maximum Gasteiger partial charge on any atom is 0.0403 e. The molecule has 3 heteroatoms.